The van der Waals surface area contributed by atoms with Crippen molar-refractivity contribution in [2.75, 3.05) is 0 Å². The molecule has 0 N–H and O–H groups in total. The number of aromatic nitrogens is 3. The van der Waals surface area contributed by atoms with Gasteiger partial charge in [0.1, 0.15) is 6.33 Å². The fraction of sp³-hybridized carbons (Fsp3) is 0.0476. The Morgan fingerprint density at radius 2 is 1.21 bits per heavy atom. The van der Waals surface area contributed by atoms with Crippen molar-refractivity contribution in [3.05, 3.63) is 73.1 Å². The van der Waals surface area contributed by atoms with E-state index in [-0.39, 0.29) is 0 Å². The largest absolute Gasteiger partial charge is 0.255 e. The summed E-state index contributed by atoms with van der Waals surface area (Å²) in [5.74, 6) is 0.761. The molecule has 0 saturated heterocycles. The zero-order valence-corrected chi connectivity index (χ0v) is 13.3. The van der Waals surface area contributed by atoms with E-state index in [1.807, 2.05) is 7.05 Å². The molecule has 1 heterocycles. The van der Waals surface area contributed by atoms with Crippen LogP contribution in [-0.2, 0) is 7.05 Å². The summed E-state index contributed by atoms with van der Waals surface area (Å²) in [7, 11) is 1.89. The van der Waals surface area contributed by atoms with Gasteiger partial charge in [-0.3, -0.25) is 4.68 Å². The van der Waals surface area contributed by atoms with E-state index < -0.39 is 0 Å². The predicted molar refractivity (Wildman–Crippen MR) is 99.0 cm³/mol. The topological polar surface area (TPSA) is 30.7 Å². The van der Waals surface area contributed by atoms with Gasteiger partial charge < -0.3 is 0 Å². The molecule has 0 atom stereocenters. The Bertz CT molecular complexity index is 1180. The van der Waals surface area contributed by atoms with Gasteiger partial charge in [-0.25, -0.2) is 4.98 Å². The van der Waals surface area contributed by atoms with E-state index in [0.717, 1.165) is 11.4 Å². The molecule has 0 aliphatic heterocycles. The van der Waals surface area contributed by atoms with Gasteiger partial charge in [-0.2, -0.15) is 5.10 Å². The zero-order chi connectivity index (χ0) is 16.1. The maximum atomic E-state index is 4.44. The Morgan fingerprint density at radius 3 is 1.75 bits per heavy atom. The monoisotopic (exact) mass is 309 g/mol. The minimum Gasteiger partial charge on any atom is -0.255 e. The van der Waals surface area contributed by atoms with E-state index in [2.05, 4.69) is 76.8 Å². The van der Waals surface area contributed by atoms with Crippen molar-refractivity contribution >= 4 is 32.3 Å². The van der Waals surface area contributed by atoms with E-state index in [9.17, 15) is 0 Å². The van der Waals surface area contributed by atoms with Crippen LogP contribution in [0.25, 0.3) is 43.7 Å². The first-order chi connectivity index (χ1) is 11.8. The van der Waals surface area contributed by atoms with Crippen LogP contribution in [-0.4, -0.2) is 14.8 Å². The van der Waals surface area contributed by atoms with Crippen LogP contribution in [0.3, 0.4) is 0 Å². The molecule has 24 heavy (non-hydrogen) atoms. The lowest BCUT2D eigenvalue weighted by molar-refractivity contribution is 0.768. The average Bonchev–Trinajstić information content (AvgIpc) is 3.08. The first kappa shape index (κ1) is 13.3. The molecular weight excluding hydrogens is 294 g/mol. The summed E-state index contributed by atoms with van der Waals surface area (Å²) in [6, 6.07) is 23.7. The Balaban J connectivity index is 1.96. The minimum atomic E-state index is 0.761. The lowest BCUT2D eigenvalue weighted by Gasteiger charge is -2.11. The summed E-state index contributed by atoms with van der Waals surface area (Å²) in [6.45, 7) is 0. The quantitative estimate of drug-likeness (QED) is 0.411. The number of fused-ring (bicyclic) bond motifs is 6. The molecule has 0 aliphatic carbocycles. The van der Waals surface area contributed by atoms with Crippen LogP contribution in [0.1, 0.15) is 0 Å². The second-order valence-corrected chi connectivity index (χ2v) is 6.09. The van der Waals surface area contributed by atoms with Crippen molar-refractivity contribution in [3.63, 3.8) is 0 Å². The highest BCUT2D eigenvalue weighted by molar-refractivity contribution is 6.25. The highest BCUT2D eigenvalue weighted by Crippen LogP contribution is 2.36. The van der Waals surface area contributed by atoms with Gasteiger partial charge in [0.15, 0.2) is 5.82 Å². The van der Waals surface area contributed by atoms with Crippen molar-refractivity contribution in [1.29, 1.82) is 0 Å². The highest BCUT2D eigenvalue weighted by Gasteiger charge is 2.10. The molecule has 0 unspecified atom stereocenters. The van der Waals surface area contributed by atoms with Crippen LogP contribution < -0.4 is 0 Å². The van der Waals surface area contributed by atoms with Crippen molar-refractivity contribution in [2.24, 2.45) is 7.05 Å². The molecular formula is C21H15N3. The van der Waals surface area contributed by atoms with Gasteiger partial charge in [0.25, 0.3) is 0 Å². The molecule has 5 aromatic rings. The third kappa shape index (κ3) is 1.85. The first-order valence-electron chi connectivity index (χ1n) is 8.00. The molecule has 114 valence electrons. The minimum absolute atomic E-state index is 0.761. The van der Waals surface area contributed by atoms with Crippen LogP contribution in [0.4, 0.5) is 0 Å². The molecule has 0 saturated carbocycles. The Labute approximate surface area is 139 Å². The van der Waals surface area contributed by atoms with Crippen LogP contribution in [0.15, 0.2) is 73.1 Å². The molecule has 3 nitrogen and oxygen atoms in total. The Kier molecular flexibility index (Phi) is 2.71. The number of hydrogen-bond donors (Lipinski definition) is 0. The average molecular weight is 309 g/mol. The van der Waals surface area contributed by atoms with E-state index in [1.165, 1.54) is 32.3 Å². The Morgan fingerprint density at radius 1 is 0.667 bits per heavy atom. The van der Waals surface area contributed by atoms with Gasteiger partial charge in [-0.1, -0.05) is 60.7 Å². The molecule has 3 heteroatoms. The van der Waals surface area contributed by atoms with Crippen molar-refractivity contribution in [2.45, 2.75) is 0 Å². The summed E-state index contributed by atoms with van der Waals surface area (Å²) in [5.41, 5.74) is 1.04. The fourth-order valence-electron chi connectivity index (χ4n) is 3.52. The number of rotatable bonds is 1. The number of nitrogens with zero attached hydrogens (tertiary/aromatic N) is 3. The van der Waals surface area contributed by atoms with Crippen LogP contribution in [0.2, 0.25) is 0 Å². The van der Waals surface area contributed by atoms with Gasteiger partial charge in [-0.05, 0) is 38.4 Å². The standard InChI is InChI=1S/C21H15N3/c1-24-13-22-21(23-24)14-10-11-19-17-8-3-2-6-15(17)16-7-4-5-9-18(16)20(19)12-14/h2-13H,1H3. The number of hydrogen-bond acceptors (Lipinski definition) is 2. The highest BCUT2D eigenvalue weighted by atomic mass is 15.3. The molecule has 5 rings (SSSR count). The predicted octanol–water partition coefficient (Wildman–Crippen LogP) is 4.94. The fourth-order valence-corrected chi connectivity index (χ4v) is 3.52. The molecule has 0 bridgehead atoms. The third-order valence-electron chi connectivity index (χ3n) is 4.60. The lowest BCUT2D eigenvalue weighted by atomic mass is 9.93. The van der Waals surface area contributed by atoms with Crippen LogP contribution >= 0.6 is 0 Å². The summed E-state index contributed by atoms with van der Waals surface area (Å²) in [4.78, 5) is 4.39. The summed E-state index contributed by atoms with van der Waals surface area (Å²) in [6.07, 6.45) is 1.73. The summed E-state index contributed by atoms with van der Waals surface area (Å²) >= 11 is 0. The molecule has 4 aromatic carbocycles. The molecule has 0 fully saturated rings. The second kappa shape index (κ2) is 4.90. The van der Waals surface area contributed by atoms with E-state index in [1.54, 1.807) is 11.0 Å². The van der Waals surface area contributed by atoms with Gasteiger partial charge in [0.2, 0.25) is 0 Å². The number of aryl methyl sites for hydroxylation is 1. The first-order valence-corrected chi connectivity index (χ1v) is 8.00. The molecule has 0 aliphatic rings. The van der Waals surface area contributed by atoms with Crippen molar-refractivity contribution < 1.29 is 0 Å². The number of benzene rings is 4. The Hall–Kier alpha value is -3.20. The summed E-state index contributed by atoms with van der Waals surface area (Å²) in [5, 5.41) is 12.1. The third-order valence-corrected chi connectivity index (χ3v) is 4.60. The van der Waals surface area contributed by atoms with E-state index in [4.69, 9.17) is 0 Å². The maximum absolute atomic E-state index is 4.44. The van der Waals surface area contributed by atoms with Crippen molar-refractivity contribution in [3.8, 4) is 11.4 Å². The molecule has 1 aromatic heterocycles. The van der Waals surface area contributed by atoms with E-state index >= 15 is 0 Å². The summed E-state index contributed by atoms with van der Waals surface area (Å²) < 4.78 is 1.73. The SMILES string of the molecule is Cn1cnc(-c2ccc3c4ccccc4c4ccccc4c3c2)n1. The smallest absolute Gasteiger partial charge is 0.181 e. The maximum Gasteiger partial charge on any atom is 0.181 e. The van der Waals surface area contributed by atoms with Gasteiger partial charge >= 0.3 is 0 Å². The van der Waals surface area contributed by atoms with Crippen LogP contribution in [0, 0.1) is 0 Å². The zero-order valence-electron chi connectivity index (χ0n) is 13.3. The molecule has 0 spiro atoms. The van der Waals surface area contributed by atoms with Crippen molar-refractivity contribution in [1.82, 2.24) is 14.8 Å². The van der Waals surface area contributed by atoms with Gasteiger partial charge in [0.05, 0.1) is 0 Å². The second-order valence-electron chi connectivity index (χ2n) is 6.09. The van der Waals surface area contributed by atoms with Gasteiger partial charge in [0, 0.05) is 12.6 Å². The molecule has 0 radical (unpaired) electrons. The van der Waals surface area contributed by atoms with Crippen LogP contribution in [0.5, 0.6) is 0 Å². The lowest BCUT2D eigenvalue weighted by Crippen LogP contribution is -1.89. The van der Waals surface area contributed by atoms with Gasteiger partial charge in [-0.15, -0.1) is 0 Å². The normalized spacial score (nSPS) is 11.5. The molecule has 0 amide bonds. The van der Waals surface area contributed by atoms with E-state index in [0.29, 0.717) is 0 Å².